The van der Waals surface area contributed by atoms with E-state index in [1.54, 1.807) is 0 Å². The molecule has 1 fully saturated rings. The van der Waals surface area contributed by atoms with Gasteiger partial charge in [0.15, 0.2) is 0 Å². The van der Waals surface area contributed by atoms with Gasteiger partial charge in [-0.1, -0.05) is 47.0 Å². The van der Waals surface area contributed by atoms with Gasteiger partial charge in [0.1, 0.15) is 0 Å². The number of hydrogen-bond acceptors (Lipinski definition) is 2. The standard InChI is InChI=1S/C19H40N2/c1-7-9-10-15-21(16(3)4)17-12-11-13-19(5,6)18(17)20-14-8-2/h16-18,20H,7-15H2,1-6H3. The van der Waals surface area contributed by atoms with E-state index < -0.39 is 0 Å². The predicted molar refractivity (Wildman–Crippen MR) is 94.9 cm³/mol. The Morgan fingerprint density at radius 2 is 1.86 bits per heavy atom. The summed E-state index contributed by atoms with van der Waals surface area (Å²) >= 11 is 0. The molecule has 0 aromatic rings. The molecule has 1 N–H and O–H groups in total. The summed E-state index contributed by atoms with van der Waals surface area (Å²) in [6, 6.07) is 2.03. The van der Waals surface area contributed by atoms with E-state index in [1.165, 1.54) is 51.5 Å². The lowest BCUT2D eigenvalue weighted by atomic mass is 9.70. The zero-order valence-electron chi connectivity index (χ0n) is 15.5. The summed E-state index contributed by atoms with van der Waals surface area (Å²) in [5.41, 5.74) is 0.427. The molecular formula is C19H40N2. The molecule has 0 heterocycles. The molecule has 1 aliphatic rings. The van der Waals surface area contributed by atoms with Crippen LogP contribution in [0, 0.1) is 5.41 Å². The summed E-state index contributed by atoms with van der Waals surface area (Å²) in [5.74, 6) is 0. The summed E-state index contributed by atoms with van der Waals surface area (Å²) in [6.07, 6.45) is 9.40. The lowest BCUT2D eigenvalue weighted by Gasteiger charge is -2.50. The Morgan fingerprint density at radius 1 is 1.14 bits per heavy atom. The van der Waals surface area contributed by atoms with Crippen molar-refractivity contribution >= 4 is 0 Å². The Bertz CT molecular complexity index is 273. The zero-order valence-corrected chi connectivity index (χ0v) is 15.5. The van der Waals surface area contributed by atoms with Crippen LogP contribution < -0.4 is 5.32 Å². The maximum absolute atomic E-state index is 3.90. The van der Waals surface area contributed by atoms with Crippen LogP contribution in [0.3, 0.4) is 0 Å². The van der Waals surface area contributed by atoms with Crippen molar-refractivity contribution in [1.82, 2.24) is 10.2 Å². The fraction of sp³-hybridized carbons (Fsp3) is 1.00. The Kier molecular flexibility index (Phi) is 8.26. The fourth-order valence-electron chi connectivity index (χ4n) is 4.03. The van der Waals surface area contributed by atoms with E-state index in [0.717, 1.165) is 12.6 Å². The number of nitrogens with one attached hydrogen (secondary N) is 1. The van der Waals surface area contributed by atoms with Crippen LogP contribution in [0.15, 0.2) is 0 Å². The van der Waals surface area contributed by atoms with E-state index in [4.69, 9.17) is 0 Å². The first-order chi connectivity index (χ1) is 9.94. The molecular weight excluding hydrogens is 256 g/mol. The van der Waals surface area contributed by atoms with Gasteiger partial charge >= 0.3 is 0 Å². The van der Waals surface area contributed by atoms with Crippen molar-refractivity contribution in [1.29, 1.82) is 0 Å². The molecule has 0 saturated heterocycles. The molecule has 2 unspecified atom stereocenters. The van der Waals surface area contributed by atoms with Crippen LogP contribution in [0.2, 0.25) is 0 Å². The third kappa shape index (κ3) is 5.56. The predicted octanol–water partition coefficient (Wildman–Crippen LogP) is 4.83. The van der Waals surface area contributed by atoms with Gasteiger partial charge in [-0.15, -0.1) is 0 Å². The largest absolute Gasteiger partial charge is 0.312 e. The minimum absolute atomic E-state index is 0.427. The molecule has 2 atom stereocenters. The van der Waals surface area contributed by atoms with Crippen LogP contribution in [-0.4, -0.2) is 36.1 Å². The zero-order chi connectivity index (χ0) is 15.9. The smallest absolute Gasteiger partial charge is 0.0274 e. The van der Waals surface area contributed by atoms with Gasteiger partial charge in [-0.2, -0.15) is 0 Å². The normalized spacial score (nSPS) is 25.7. The first-order valence-corrected chi connectivity index (χ1v) is 9.43. The monoisotopic (exact) mass is 296 g/mol. The first kappa shape index (κ1) is 19.0. The van der Waals surface area contributed by atoms with Crippen molar-refractivity contribution in [3.8, 4) is 0 Å². The molecule has 0 aliphatic heterocycles. The van der Waals surface area contributed by atoms with Gasteiger partial charge in [0, 0.05) is 18.1 Å². The minimum Gasteiger partial charge on any atom is -0.312 e. The maximum Gasteiger partial charge on any atom is 0.0274 e. The second kappa shape index (κ2) is 9.15. The van der Waals surface area contributed by atoms with Gasteiger partial charge in [-0.05, 0) is 58.0 Å². The average Bonchev–Trinajstić information content (AvgIpc) is 2.41. The quantitative estimate of drug-likeness (QED) is 0.613. The van der Waals surface area contributed by atoms with Crippen molar-refractivity contribution in [2.24, 2.45) is 5.41 Å². The highest BCUT2D eigenvalue weighted by Gasteiger charge is 2.41. The number of unbranched alkanes of at least 4 members (excludes halogenated alkanes) is 2. The molecule has 2 nitrogen and oxygen atoms in total. The molecule has 126 valence electrons. The molecule has 1 aliphatic carbocycles. The van der Waals surface area contributed by atoms with Crippen molar-refractivity contribution in [2.75, 3.05) is 13.1 Å². The number of hydrogen-bond donors (Lipinski definition) is 1. The van der Waals surface area contributed by atoms with Crippen molar-refractivity contribution in [3.05, 3.63) is 0 Å². The second-order valence-electron chi connectivity index (χ2n) is 7.92. The topological polar surface area (TPSA) is 15.3 Å². The van der Waals surface area contributed by atoms with Gasteiger partial charge < -0.3 is 5.32 Å². The highest BCUT2D eigenvalue weighted by Crippen LogP contribution is 2.38. The Morgan fingerprint density at radius 3 is 2.43 bits per heavy atom. The van der Waals surface area contributed by atoms with Gasteiger partial charge in [0.25, 0.3) is 0 Å². The van der Waals surface area contributed by atoms with E-state index in [0.29, 0.717) is 17.5 Å². The van der Waals surface area contributed by atoms with Crippen molar-refractivity contribution in [2.45, 2.75) is 105 Å². The fourth-order valence-corrected chi connectivity index (χ4v) is 4.03. The Balaban J connectivity index is 2.80. The van der Waals surface area contributed by atoms with Gasteiger partial charge in [-0.3, -0.25) is 4.90 Å². The van der Waals surface area contributed by atoms with E-state index in [-0.39, 0.29) is 0 Å². The number of rotatable bonds is 9. The van der Waals surface area contributed by atoms with Crippen LogP contribution in [0.5, 0.6) is 0 Å². The third-order valence-corrected chi connectivity index (χ3v) is 5.27. The third-order valence-electron chi connectivity index (χ3n) is 5.27. The van der Waals surface area contributed by atoms with E-state index in [9.17, 15) is 0 Å². The van der Waals surface area contributed by atoms with Gasteiger partial charge in [0.2, 0.25) is 0 Å². The molecule has 0 radical (unpaired) electrons. The molecule has 21 heavy (non-hydrogen) atoms. The first-order valence-electron chi connectivity index (χ1n) is 9.43. The summed E-state index contributed by atoms with van der Waals surface area (Å²) in [4.78, 5) is 2.80. The van der Waals surface area contributed by atoms with Crippen LogP contribution in [0.1, 0.15) is 86.5 Å². The summed E-state index contributed by atoms with van der Waals surface area (Å²) in [5, 5.41) is 3.90. The Hall–Kier alpha value is -0.0800. The molecule has 2 heteroatoms. The average molecular weight is 297 g/mol. The molecule has 0 amide bonds. The summed E-state index contributed by atoms with van der Waals surface area (Å²) in [7, 11) is 0. The van der Waals surface area contributed by atoms with Crippen molar-refractivity contribution < 1.29 is 0 Å². The van der Waals surface area contributed by atoms with Crippen LogP contribution in [-0.2, 0) is 0 Å². The lowest BCUT2D eigenvalue weighted by molar-refractivity contribution is 0.0299. The highest BCUT2D eigenvalue weighted by atomic mass is 15.2. The van der Waals surface area contributed by atoms with E-state index in [1.807, 2.05) is 0 Å². The highest BCUT2D eigenvalue weighted by molar-refractivity contribution is 4.98. The van der Waals surface area contributed by atoms with Crippen molar-refractivity contribution in [3.63, 3.8) is 0 Å². The Labute approximate surface area is 134 Å². The molecule has 0 bridgehead atoms. The van der Waals surface area contributed by atoms with E-state index >= 15 is 0 Å². The van der Waals surface area contributed by atoms with Gasteiger partial charge in [0.05, 0.1) is 0 Å². The molecule has 0 aromatic heterocycles. The molecule has 1 saturated carbocycles. The van der Waals surface area contributed by atoms with Gasteiger partial charge in [-0.25, -0.2) is 0 Å². The summed E-state index contributed by atoms with van der Waals surface area (Å²) in [6.45, 7) is 16.7. The maximum atomic E-state index is 3.90. The van der Waals surface area contributed by atoms with E-state index in [2.05, 4.69) is 51.8 Å². The SMILES string of the molecule is CCCCCN(C(C)C)C1CCCC(C)(C)C1NCCC. The summed E-state index contributed by atoms with van der Waals surface area (Å²) < 4.78 is 0. The van der Waals surface area contributed by atoms with Crippen LogP contribution >= 0.6 is 0 Å². The second-order valence-corrected chi connectivity index (χ2v) is 7.92. The molecule has 0 aromatic carbocycles. The molecule has 0 spiro atoms. The van der Waals surface area contributed by atoms with Crippen LogP contribution in [0.25, 0.3) is 0 Å². The van der Waals surface area contributed by atoms with Crippen LogP contribution in [0.4, 0.5) is 0 Å². The number of nitrogens with zero attached hydrogens (tertiary/aromatic N) is 1. The lowest BCUT2D eigenvalue weighted by Crippen LogP contribution is -2.60. The minimum atomic E-state index is 0.427. The molecule has 1 rings (SSSR count).